The highest BCUT2D eigenvalue weighted by Crippen LogP contribution is 2.36. The molecule has 20 heavy (non-hydrogen) atoms. The number of fused-ring (bicyclic) bond motifs is 1. The van der Waals surface area contributed by atoms with Gasteiger partial charge < -0.3 is 10.3 Å². The molecule has 0 radical (unpaired) electrons. The number of nitrogens with zero attached hydrogens (tertiary/aromatic N) is 2. The Bertz CT molecular complexity index is 594. The van der Waals surface area contributed by atoms with E-state index in [-0.39, 0.29) is 0 Å². The number of benzene rings is 1. The van der Waals surface area contributed by atoms with Gasteiger partial charge in [0.15, 0.2) is 0 Å². The van der Waals surface area contributed by atoms with E-state index in [1.165, 1.54) is 37.0 Å². The lowest BCUT2D eigenvalue weighted by Gasteiger charge is -2.23. The maximum atomic E-state index is 5.91. The van der Waals surface area contributed by atoms with Crippen LogP contribution in [-0.2, 0) is 6.42 Å². The molecule has 108 valence electrons. The minimum Gasteiger partial charge on any atom is -0.399 e. The van der Waals surface area contributed by atoms with E-state index in [2.05, 4.69) is 24.5 Å². The molecular weight excluding hydrogens is 246 g/mol. The summed E-state index contributed by atoms with van der Waals surface area (Å²) in [5.41, 5.74) is 9.02. The Balaban J connectivity index is 2.07. The van der Waals surface area contributed by atoms with Crippen LogP contribution in [0.5, 0.6) is 0 Å². The first-order chi connectivity index (χ1) is 9.70. The Morgan fingerprint density at radius 1 is 1.35 bits per heavy atom. The number of nitrogen functional groups attached to an aromatic ring is 1. The summed E-state index contributed by atoms with van der Waals surface area (Å²) in [6, 6.07) is 6.69. The third kappa shape index (κ3) is 2.30. The minimum absolute atomic E-state index is 0.549. The van der Waals surface area contributed by atoms with Crippen molar-refractivity contribution >= 4 is 16.7 Å². The van der Waals surface area contributed by atoms with Crippen LogP contribution >= 0.6 is 0 Å². The number of hydrogen-bond acceptors (Lipinski definition) is 2. The van der Waals surface area contributed by atoms with Gasteiger partial charge in [-0.1, -0.05) is 19.8 Å². The molecule has 2 N–H and O–H groups in total. The maximum absolute atomic E-state index is 5.91. The highest BCUT2D eigenvalue weighted by molar-refractivity contribution is 5.79. The first kappa shape index (κ1) is 13.5. The quantitative estimate of drug-likeness (QED) is 0.841. The molecule has 3 nitrogen and oxygen atoms in total. The molecule has 0 amide bonds. The number of imidazole rings is 1. The number of aromatic nitrogens is 2. The molecule has 0 bridgehead atoms. The van der Waals surface area contributed by atoms with Crippen LogP contribution in [0.4, 0.5) is 5.69 Å². The molecular formula is C17H25N3. The van der Waals surface area contributed by atoms with E-state index in [1.54, 1.807) is 0 Å². The van der Waals surface area contributed by atoms with Gasteiger partial charge in [-0.2, -0.15) is 0 Å². The Morgan fingerprint density at radius 3 is 2.80 bits per heavy atom. The molecule has 3 heteroatoms. The zero-order valence-corrected chi connectivity index (χ0v) is 12.6. The molecule has 1 unspecified atom stereocenters. The van der Waals surface area contributed by atoms with Gasteiger partial charge >= 0.3 is 0 Å². The average Bonchev–Trinajstić information content (AvgIpc) is 3.05. The summed E-state index contributed by atoms with van der Waals surface area (Å²) in [6.45, 7) is 4.59. The van der Waals surface area contributed by atoms with Gasteiger partial charge in [0.1, 0.15) is 5.82 Å². The SMILES string of the molecule is CCCc1nc2cc(N)ccc2n1C(C)C1CCCC1. The summed E-state index contributed by atoms with van der Waals surface area (Å²) >= 11 is 0. The van der Waals surface area contributed by atoms with Gasteiger partial charge in [0.25, 0.3) is 0 Å². The summed E-state index contributed by atoms with van der Waals surface area (Å²) in [5.74, 6) is 2.04. The van der Waals surface area contributed by atoms with E-state index < -0.39 is 0 Å². The fourth-order valence-corrected chi connectivity index (χ4v) is 3.67. The molecule has 1 fully saturated rings. The van der Waals surface area contributed by atoms with Crippen LogP contribution in [0, 0.1) is 5.92 Å². The van der Waals surface area contributed by atoms with Gasteiger partial charge in [-0.15, -0.1) is 0 Å². The van der Waals surface area contributed by atoms with Gasteiger partial charge in [-0.25, -0.2) is 4.98 Å². The van der Waals surface area contributed by atoms with Gasteiger partial charge in [-0.3, -0.25) is 0 Å². The molecule has 1 aromatic carbocycles. The summed E-state index contributed by atoms with van der Waals surface area (Å²) in [5, 5.41) is 0. The topological polar surface area (TPSA) is 43.8 Å². The zero-order valence-electron chi connectivity index (χ0n) is 12.6. The fourth-order valence-electron chi connectivity index (χ4n) is 3.67. The predicted octanol–water partition coefficient (Wildman–Crippen LogP) is 4.32. The zero-order chi connectivity index (χ0) is 14.1. The second-order valence-electron chi connectivity index (χ2n) is 6.18. The molecule has 1 heterocycles. The molecule has 0 spiro atoms. The van der Waals surface area contributed by atoms with Crippen molar-refractivity contribution < 1.29 is 0 Å². The van der Waals surface area contributed by atoms with E-state index in [9.17, 15) is 0 Å². The lowest BCUT2D eigenvalue weighted by Crippen LogP contribution is -2.16. The molecule has 1 aliphatic carbocycles. The first-order valence-electron chi connectivity index (χ1n) is 7.97. The van der Waals surface area contributed by atoms with Crippen molar-refractivity contribution in [3.05, 3.63) is 24.0 Å². The summed E-state index contributed by atoms with van der Waals surface area (Å²) in [4.78, 5) is 4.84. The number of aryl methyl sites for hydroxylation is 1. The first-order valence-corrected chi connectivity index (χ1v) is 7.97. The van der Waals surface area contributed by atoms with E-state index in [0.717, 1.165) is 30.0 Å². The second-order valence-corrected chi connectivity index (χ2v) is 6.18. The van der Waals surface area contributed by atoms with Crippen molar-refractivity contribution in [3.8, 4) is 0 Å². The standard InChI is InChI=1S/C17H25N3/c1-3-6-17-19-15-11-14(18)9-10-16(15)20(17)12(2)13-7-4-5-8-13/h9-13H,3-8,18H2,1-2H3. The number of anilines is 1. The molecule has 1 saturated carbocycles. The molecule has 1 atom stereocenters. The van der Waals surface area contributed by atoms with E-state index >= 15 is 0 Å². The highest BCUT2D eigenvalue weighted by atomic mass is 15.1. The third-order valence-electron chi connectivity index (χ3n) is 4.75. The molecule has 0 aliphatic heterocycles. The number of rotatable bonds is 4. The van der Waals surface area contributed by atoms with Crippen molar-refractivity contribution in [2.24, 2.45) is 5.92 Å². The summed E-state index contributed by atoms with van der Waals surface area (Å²) < 4.78 is 2.48. The molecule has 0 saturated heterocycles. The van der Waals surface area contributed by atoms with Crippen molar-refractivity contribution in [1.82, 2.24) is 9.55 Å². The minimum atomic E-state index is 0.549. The Labute approximate surface area is 121 Å². The van der Waals surface area contributed by atoms with E-state index in [1.807, 2.05) is 12.1 Å². The third-order valence-corrected chi connectivity index (χ3v) is 4.75. The summed E-state index contributed by atoms with van der Waals surface area (Å²) in [6.07, 6.45) is 7.68. The van der Waals surface area contributed by atoms with Gasteiger partial charge in [0, 0.05) is 18.2 Å². The number of hydrogen-bond donors (Lipinski definition) is 1. The Morgan fingerprint density at radius 2 is 2.10 bits per heavy atom. The van der Waals surface area contributed by atoms with Gasteiger partial charge in [0.2, 0.25) is 0 Å². The Kier molecular flexibility index (Phi) is 3.68. The van der Waals surface area contributed by atoms with E-state index in [0.29, 0.717) is 6.04 Å². The highest BCUT2D eigenvalue weighted by Gasteiger charge is 2.25. The smallest absolute Gasteiger partial charge is 0.110 e. The monoisotopic (exact) mass is 271 g/mol. The van der Waals surface area contributed by atoms with Crippen molar-refractivity contribution in [2.75, 3.05) is 5.73 Å². The Hall–Kier alpha value is -1.51. The largest absolute Gasteiger partial charge is 0.399 e. The van der Waals surface area contributed by atoms with Crippen LogP contribution in [0.25, 0.3) is 11.0 Å². The number of nitrogens with two attached hydrogens (primary N) is 1. The normalized spacial score (nSPS) is 17.9. The van der Waals surface area contributed by atoms with Crippen molar-refractivity contribution in [3.63, 3.8) is 0 Å². The van der Waals surface area contributed by atoms with Crippen molar-refractivity contribution in [2.45, 2.75) is 58.4 Å². The summed E-state index contributed by atoms with van der Waals surface area (Å²) in [7, 11) is 0. The van der Waals surface area contributed by atoms with Crippen LogP contribution in [0.2, 0.25) is 0 Å². The predicted molar refractivity (Wildman–Crippen MR) is 84.8 cm³/mol. The van der Waals surface area contributed by atoms with Crippen LogP contribution in [0.15, 0.2) is 18.2 Å². The van der Waals surface area contributed by atoms with Crippen molar-refractivity contribution in [1.29, 1.82) is 0 Å². The fraction of sp³-hybridized carbons (Fsp3) is 0.588. The molecule has 1 aliphatic rings. The van der Waals surface area contributed by atoms with E-state index in [4.69, 9.17) is 10.7 Å². The van der Waals surface area contributed by atoms with Crippen LogP contribution in [0.1, 0.15) is 57.8 Å². The van der Waals surface area contributed by atoms with Gasteiger partial charge in [-0.05, 0) is 50.3 Å². The lowest BCUT2D eigenvalue weighted by atomic mass is 9.99. The van der Waals surface area contributed by atoms with Crippen LogP contribution in [0.3, 0.4) is 0 Å². The molecule has 2 aromatic rings. The lowest BCUT2D eigenvalue weighted by molar-refractivity contribution is 0.359. The second kappa shape index (κ2) is 5.47. The average molecular weight is 271 g/mol. The van der Waals surface area contributed by atoms with Crippen LogP contribution < -0.4 is 5.73 Å². The maximum Gasteiger partial charge on any atom is 0.110 e. The van der Waals surface area contributed by atoms with Crippen LogP contribution in [-0.4, -0.2) is 9.55 Å². The molecule has 1 aromatic heterocycles. The van der Waals surface area contributed by atoms with Gasteiger partial charge in [0.05, 0.1) is 11.0 Å². The molecule has 3 rings (SSSR count).